The Morgan fingerprint density at radius 3 is 2.64 bits per heavy atom. The molecule has 0 spiro atoms. The van der Waals surface area contributed by atoms with Gasteiger partial charge in [0, 0.05) is 6.42 Å². The first-order chi connectivity index (χ1) is 6.52. The molecule has 1 atom stereocenters. The van der Waals surface area contributed by atoms with Gasteiger partial charge < -0.3 is 5.11 Å². The smallest absolute Gasteiger partial charge is 0.328 e. The Morgan fingerprint density at radius 2 is 2.14 bits per heavy atom. The lowest BCUT2D eigenvalue weighted by molar-refractivity contribution is -0.140. The fourth-order valence-corrected chi connectivity index (χ4v) is 1.12. The summed E-state index contributed by atoms with van der Waals surface area (Å²) >= 11 is 0. The molecule has 0 saturated heterocycles. The Balaban J connectivity index is 2.86. The van der Waals surface area contributed by atoms with E-state index in [-0.39, 0.29) is 0 Å². The standard InChI is InChI=1S/C8H14N4O2/c1-5(2)4-7-9-10-11-12(7)6(3)8(13)14/h5-6H,4H2,1-3H3,(H,13,14). The number of aromatic nitrogens is 4. The van der Waals surface area contributed by atoms with Crippen LogP contribution in [0.25, 0.3) is 0 Å². The van der Waals surface area contributed by atoms with Gasteiger partial charge in [-0.3, -0.25) is 0 Å². The van der Waals surface area contributed by atoms with Crippen LogP contribution in [-0.2, 0) is 11.2 Å². The molecule has 0 aliphatic rings. The van der Waals surface area contributed by atoms with Crippen LogP contribution in [0.4, 0.5) is 0 Å². The third-order valence-electron chi connectivity index (χ3n) is 1.88. The molecular weight excluding hydrogens is 184 g/mol. The highest BCUT2D eigenvalue weighted by Crippen LogP contribution is 2.09. The van der Waals surface area contributed by atoms with Crippen molar-refractivity contribution in [2.24, 2.45) is 5.92 Å². The van der Waals surface area contributed by atoms with Gasteiger partial charge in [0.1, 0.15) is 6.04 Å². The van der Waals surface area contributed by atoms with Gasteiger partial charge in [-0.1, -0.05) is 13.8 Å². The van der Waals surface area contributed by atoms with Crippen molar-refractivity contribution >= 4 is 5.97 Å². The third kappa shape index (κ3) is 2.27. The molecule has 1 rings (SSSR count). The van der Waals surface area contributed by atoms with Crippen LogP contribution in [0.2, 0.25) is 0 Å². The molecule has 1 unspecified atom stereocenters. The van der Waals surface area contributed by atoms with Gasteiger partial charge in [0.25, 0.3) is 0 Å². The minimum absolute atomic E-state index is 0.403. The molecule has 0 saturated carbocycles. The highest BCUT2D eigenvalue weighted by atomic mass is 16.4. The van der Waals surface area contributed by atoms with Gasteiger partial charge in [0.2, 0.25) is 0 Å². The molecule has 1 aromatic rings. The molecule has 0 bridgehead atoms. The summed E-state index contributed by atoms with van der Waals surface area (Å²) in [7, 11) is 0. The molecule has 0 amide bonds. The van der Waals surface area contributed by atoms with E-state index in [1.54, 1.807) is 6.92 Å². The van der Waals surface area contributed by atoms with Crippen LogP contribution in [0.5, 0.6) is 0 Å². The summed E-state index contributed by atoms with van der Waals surface area (Å²) in [5, 5.41) is 19.7. The summed E-state index contributed by atoms with van der Waals surface area (Å²) in [5.41, 5.74) is 0. The van der Waals surface area contributed by atoms with E-state index in [0.717, 1.165) is 0 Å². The van der Waals surface area contributed by atoms with Crippen molar-refractivity contribution in [3.63, 3.8) is 0 Å². The van der Waals surface area contributed by atoms with Crippen LogP contribution in [0.3, 0.4) is 0 Å². The molecule has 0 aliphatic carbocycles. The molecular formula is C8H14N4O2. The molecule has 0 fully saturated rings. The van der Waals surface area contributed by atoms with Crippen molar-refractivity contribution in [2.45, 2.75) is 33.2 Å². The topological polar surface area (TPSA) is 80.9 Å². The lowest BCUT2D eigenvalue weighted by Gasteiger charge is -2.09. The Morgan fingerprint density at radius 1 is 1.50 bits per heavy atom. The Bertz CT molecular complexity index is 321. The molecule has 1 N–H and O–H groups in total. The molecule has 0 aromatic carbocycles. The predicted molar refractivity (Wildman–Crippen MR) is 48.7 cm³/mol. The summed E-state index contributed by atoms with van der Waals surface area (Å²) in [6, 6.07) is -0.709. The number of hydrogen-bond acceptors (Lipinski definition) is 4. The maximum absolute atomic E-state index is 10.7. The van der Waals surface area contributed by atoms with Crippen molar-refractivity contribution in [2.75, 3.05) is 0 Å². The lowest BCUT2D eigenvalue weighted by Crippen LogP contribution is -2.20. The molecule has 78 valence electrons. The normalized spacial score (nSPS) is 13.1. The zero-order chi connectivity index (χ0) is 10.7. The van der Waals surface area contributed by atoms with Crippen LogP contribution in [-0.4, -0.2) is 31.3 Å². The second-order valence-corrected chi connectivity index (χ2v) is 3.65. The number of tetrazole rings is 1. The quantitative estimate of drug-likeness (QED) is 0.762. The van der Waals surface area contributed by atoms with Crippen molar-refractivity contribution in [3.8, 4) is 0 Å². The van der Waals surface area contributed by atoms with Crippen LogP contribution >= 0.6 is 0 Å². The van der Waals surface area contributed by atoms with E-state index in [1.165, 1.54) is 4.68 Å². The van der Waals surface area contributed by atoms with Crippen molar-refractivity contribution in [3.05, 3.63) is 5.82 Å². The summed E-state index contributed by atoms with van der Waals surface area (Å²) in [4.78, 5) is 10.7. The van der Waals surface area contributed by atoms with Crippen LogP contribution in [0, 0.1) is 5.92 Å². The summed E-state index contributed by atoms with van der Waals surface area (Å²) in [6.07, 6.45) is 0.685. The fourth-order valence-electron chi connectivity index (χ4n) is 1.12. The van der Waals surface area contributed by atoms with Crippen LogP contribution in [0.15, 0.2) is 0 Å². The predicted octanol–water partition coefficient (Wildman–Crippen LogP) is 0.517. The number of aliphatic carboxylic acids is 1. The van der Waals surface area contributed by atoms with E-state index < -0.39 is 12.0 Å². The summed E-state index contributed by atoms with van der Waals surface area (Å²) in [6.45, 7) is 5.62. The Hall–Kier alpha value is -1.46. The van der Waals surface area contributed by atoms with Gasteiger partial charge in [-0.05, 0) is 23.3 Å². The van der Waals surface area contributed by atoms with E-state index in [0.29, 0.717) is 18.2 Å². The van der Waals surface area contributed by atoms with E-state index in [2.05, 4.69) is 15.5 Å². The van der Waals surface area contributed by atoms with Crippen molar-refractivity contribution in [1.82, 2.24) is 20.2 Å². The Kier molecular flexibility index (Phi) is 3.16. The monoisotopic (exact) mass is 198 g/mol. The Labute approximate surface area is 81.9 Å². The fraction of sp³-hybridized carbons (Fsp3) is 0.750. The highest BCUT2D eigenvalue weighted by Gasteiger charge is 2.19. The highest BCUT2D eigenvalue weighted by molar-refractivity contribution is 5.71. The second-order valence-electron chi connectivity index (χ2n) is 3.65. The number of hydrogen-bond donors (Lipinski definition) is 1. The zero-order valence-electron chi connectivity index (χ0n) is 8.51. The molecule has 6 nitrogen and oxygen atoms in total. The van der Waals surface area contributed by atoms with Crippen molar-refractivity contribution < 1.29 is 9.90 Å². The van der Waals surface area contributed by atoms with E-state index in [1.807, 2.05) is 13.8 Å². The van der Waals surface area contributed by atoms with Gasteiger partial charge in [-0.25, -0.2) is 9.48 Å². The minimum atomic E-state index is -0.928. The number of carbonyl (C=O) groups is 1. The first-order valence-corrected chi connectivity index (χ1v) is 4.52. The largest absolute Gasteiger partial charge is 0.480 e. The van der Waals surface area contributed by atoms with Gasteiger partial charge in [-0.15, -0.1) is 5.10 Å². The maximum Gasteiger partial charge on any atom is 0.328 e. The minimum Gasteiger partial charge on any atom is -0.480 e. The molecule has 14 heavy (non-hydrogen) atoms. The summed E-state index contributed by atoms with van der Waals surface area (Å²) < 4.78 is 1.35. The number of rotatable bonds is 4. The van der Waals surface area contributed by atoms with E-state index in [4.69, 9.17) is 5.11 Å². The number of nitrogens with zero attached hydrogens (tertiary/aromatic N) is 4. The molecule has 1 aromatic heterocycles. The van der Waals surface area contributed by atoms with Gasteiger partial charge in [0.15, 0.2) is 5.82 Å². The first-order valence-electron chi connectivity index (χ1n) is 4.52. The van der Waals surface area contributed by atoms with Crippen LogP contribution < -0.4 is 0 Å². The molecule has 0 aliphatic heterocycles. The maximum atomic E-state index is 10.7. The van der Waals surface area contributed by atoms with Crippen LogP contribution in [0.1, 0.15) is 32.6 Å². The second kappa shape index (κ2) is 4.17. The van der Waals surface area contributed by atoms with Gasteiger partial charge in [-0.2, -0.15) is 0 Å². The number of carboxylic acids is 1. The van der Waals surface area contributed by atoms with Gasteiger partial charge >= 0.3 is 5.97 Å². The van der Waals surface area contributed by atoms with Crippen molar-refractivity contribution in [1.29, 1.82) is 0 Å². The van der Waals surface area contributed by atoms with E-state index in [9.17, 15) is 4.79 Å². The number of carboxylic acid groups (broad SMARTS) is 1. The lowest BCUT2D eigenvalue weighted by atomic mass is 10.1. The average molecular weight is 198 g/mol. The third-order valence-corrected chi connectivity index (χ3v) is 1.88. The van der Waals surface area contributed by atoms with Gasteiger partial charge in [0.05, 0.1) is 0 Å². The molecule has 0 radical (unpaired) electrons. The SMILES string of the molecule is CC(C)Cc1nnnn1C(C)C(=O)O. The molecule has 1 heterocycles. The summed E-state index contributed by atoms with van der Waals surface area (Å²) in [5.74, 6) is 0.0953. The first kappa shape index (κ1) is 10.6. The van der Waals surface area contributed by atoms with E-state index >= 15 is 0 Å². The molecule has 6 heteroatoms. The average Bonchev–Trinajstić information content (AvgIpc) is 2.49. The zero-order valence-corrected chi connectivity index (χ0v) is 8.51.